The molecule has 2 aliphatic rings. The summed E-state index contributed by atoms with van der Waals surface area (Å²) in [7, 11) is 2.12. The van der Waals surface area contributed by atoms with E-state index in [0.717, 1.165) is 38.2 Å². The minimum absolute atomic E-state index is 0.0522. The number of aryl methyl sites for hydroxylation is 1. The van der Waals surface area contributed by atoms with Crippen molar-refractivity contribution in [1.29, 1.82) is 0 Å². The molecule has 3 rings (SSSR count). The van der Waals surface area contributed by atoms with Gasteiger partial charge in [-0.3, -0.25) is 9.69 Å². The van der Waals surface area contributed by atoms with Crippen LogP contribution in [0.2, 0.25) is 0 Å². The largest absolute Gasteiger partial charge is 0.388 e. The Hall–Kier alpha value is -1.47. The molecule has 150 valence electrons. The minimum atomic E-state index is -1.13. The number of nitrogens with zero attached hydrogens (tertiary/aromatic N) is 3. The van der Waals surface area contributed by atoms with E-state index < -0.39 is 11.7 Å². The van der Waals surface area contributed by atoms with Gasteiger partial charge < -0.3 is 20.0 Å². The summed E-state index contributed by atoms with van der Waals surface area (Å²) in [5.74, 6) is 0.0522. The summed E-state index contributed by atoms with van der Waals surface area (Å²) in [6.07, 6.45) is 1.75. The lowest BCUT2D eigenvalue weighted by atomic mass is 9.87. The van der Waals surface area contributed by atoms with E-state index in [1.807, 2.05) is 30.3 Å². The standard InChI is InChI=1S/C21H33N3O3/c1-22-11-5-12-23(15-14-22)17-21(27)10-13-24(16-19(21)25)20(26)9-8-18-6-3-2-4-7-18/h2-4,6-7,19,25,27H,5,8-17H2,1H3/t19-,21-/m0/s1. The van der Waals surface area contributed by atoms with Crippen LogP contribution in [-0.4, -0.2) is 95.4 Å². The number of carbonyl (C=O) groups is 1. The second-order valence-corrected chi connectivity index (χ2v) is 8.13. The Bertz CT molecular complexity index is 612. The normalized spacial score (nSPS) is 28.1. The SMILES string of the molecule is CN1CCCN(C[C@@]2(O)CCN(C(=O)CCc3ccccc3)C[C@@H]2O)CC1. The zero-order valence-electron chi connectivity index (χ0n) is 16.4. The molecule has 1 aromatic rings. The van der Waals surface area contributed by atoms with Gasteiger partial charge in [-0.2, -0.15) is 0 Å². The van der Waals surface area contributed by atoms with Crippen molar-refractivity contribution in [3.05, 3.63) is 35.9 Å². The molecule has 0 radical (unpaired) electrons. The zero-order valence-corrected chi connectivity index (χ0v) is 16.4. The van der Waals surface area contributed by atoms with Crippen molar-refractivity contribution in [1.82, 2.24) is 14.7 Å². The van der Waals surface area contributed by atoms with Gasteiger partial charge in [0.05, 0.1) is 0 Å². The average molecular weight is 376 g/mol. The highest BCUT2D eigenvalue weighted by molar-refractivity contribution is 5.76. The molecule has 0 saturated carbocycles. The molecule has 0 aliphatic carbocycles. The molecular formula is C21H33N3O3. The summed E-state index contributed by atoms with van der Waals surface area (Å²) in [5.41, 5.74) is 0.0186. The van der Waals surface area contributed by atoms with Crippen molar-refractivity contribution in [2.75, 3.05) is 52.9 Å². The first-order chi connectivity index (χ1) is 13.0. The Balaban J connectivity index is 1.49. The van der Waals surface area contributed by atoms with Gasteiger partial charge in [-0.05, 0) is 45.0 Å². The molecule has 1 amide bonds. The molecular weight excluding hydrogens is 342 g/mol. The lowest BCUT2D eigenvalue weighted by molar-refractivity contribution is -0.153. The smallest absolute Gasteiger partial charge is 0.222 e. The van der Waals surface area contributed by atoms with Crippen LogP contribution in [0.25, 0.3) is 0 Å². The van der Waals surface area contributed by atoms with Crippen LogP contribution in [0.4, 0.5) is 0 Å². The van der Waals surface area contributed by atoms with Crippen molar-refractivity contribution in [2.24, 2.45) is 0 Å². The van der Waals surface area contributed by atoms with Gasteiger partial charge in [0, 0.05) is 39.1 Å². The maximum Gasteiger partial charge on any atom is 0.222 e. The number of hydrogen-bond donors (Lipinski definition) is 2. The lowest BCUT2D eigenvalue weighted by Crippen LogP contribution is -2.61. The van der Waals surface area contributed by atoms with Gasteiger partial charge in [0.2, 0.25) is 5.91 Å². The first-order valence-electron chi connectivity index (χ1n) is 10.1. The van der Waals surface area contributed by atoms with E-state index in [1.54, 1.807) is 4.90 Å². The van der Waals surface area contributed by atoms with Gasteiger partial charge in [0.25, 0.3) is 0 Å². The summed E-state index contributed by atoms with van der Waals surface area (Å²) in [5, 5.41) is 21.6. The second kappa shape index (κ2) is 9.15. The van der Waals surface area contributed by atoms with Crippen LogP contribution in [0.3, 0.4) is 0 Å². The number of benzene rings is 1. The van der Waals surface area contributed by atoms with Crippen LogP contribution in [0, 0.1) is 0 Å². The van der Waals surface area contributed by atoms with Crippen molar-refractivity contribution < 1.29 is 15.0 Å². The van der Waals surface area contributed by atoms with E-state index in [1.165, 1.54) is 0 Å². The molecule has 2 atom stereocenters. The first kappa shape index (κ1) is 20.3. The molecule has 27 heavy (non-hydrogen) atoms. The fourth-order valence-corrected chi connectivity index (χ4v) is 4.08. The Morgan fingerprint density at radius 1 is 1.15 bits per heavy atom. The minimum Gasteiger partial charge on any atom is -0.388 e. The molecule has 1 aromatic carbocycles. The number of aliphatic hydroxyl groups excluding tert-OH is 1. The highest BCUT2D eigenvalue weighted by Crippen LogP contribution is 2.25. The number of likely N-dealkylation sites (N-methyl/N-ethyl adjacent to an activating group) is 1. The number of carbonyl (C=O) groups excluding carboxylic acids is 1. The number of aliphatic hydroxyl groups is 2. The van der Waals surface area contributed by atoms with Crippen molar-refractivity contribution in [2.45, 2.75) is 37.4 Å². The second-order valence-electron chi connectivity index (χ2n) is 8.13. The molecule has 0 spiro atoms. The quantitative estimate of drug-likeness (QED) is 0.788. The van der Waals surface area contributed by atoms with Crippen molar-refractivity contribution in [3.8, 4) is 0 Å². The van der Waals surface area contributed by atoms with E-state index in [-0.39, 0.29) is 12.5 Å². The van der Waals surface area contributed by atoms with Crippen LogP contribution >= 0.6 is 0 Å². The van der Waals surface area contributed by atoms with E-state index in [0.29, 0.717) is 32.4 Å². The van der Waals surface area contributed by atoms with Gasteiger partial charge in [-0.25, -0.2) is 0 Å². The predicted molar refractivity (Wildman–Crippen MR) is 105 cm³/mol. The molecule has 6 heteroatoms. The third-order valence-electron chi connectivity index (χ3n) is 5.96. The highest BCUT2D eigenvalue weighted by Gasteiger charge is 2.42. The Morgan fingerprint density at radius 2 is 1.93 bits per heavy atom. The van der Waals surface area contributed by atoms with E-state index in [4.69, 9.17) is 0 Å². The molecule has 0 unspecified atom stereocenters. The molecule has 2 aliphatic heterocycles. The highest BCUT2D eigenvalue weighted by atomic mass is 16.3. The summed E-state index contributed by atoms with van der Waals surface area (Å²) in [6.45, 7) is 5.11. The number of rotatable bonds is 5. The molecule has 0 bridgehead atoms. The van der Waals surface area contributed by atoms with Crippen LogP contribution in [0.15, 0.2) is 30.3 Å². The first-order valence-corrected chi connectivity index (χ1v) is 10.1. The van der Waals surface area contributed by atoms with Gasteiger partial charge in [0.15, 0.2) is 0 Å². The summed E-state index contributed by atoms with van der Waals surface area (Å²) in [6, 6.07) is 9.97. The average Bonchev–Trinajstić information content (AvgIpc) is 2.87. The van der Waals surface area contributed by atoms with Gasteiger partial charge in [-0.15, -0.1) is 0 Å². The maximum atomic E-state index is 12.5. The van der Waals surface area contributed by atoms with Gasteiger partial charge in [-0.1, -0.05) is 30.3 Å². The van der Waals surface area contributed by atoms with Crippen LogP contribution in [0.5, 0.6) is 0 Å². The zero-order chi connectivity index (χ0) is 19.3. The van der Waals surface area contributed by atoms with Crippen molar-refractivity contribution in [3.63, 3.8) is 0 Å². The molecule has 2 fully saturated rings. The van der Waals surface area contributed by atoms with Crippen molar-refractivity contribution >= 4 is 5.91 Å². The molecule has 2 saturated heterocycles. The van der Waals surface area contributed by atoms with Gasteiger partial charge in [0.1, 0.15) is 11.7 Å². The number of likely N-dealkylation sites (tertiary alicyclic amines) is 1. The molecule has 0 aromatic heterocycles. The maximum absolute atomic E-state index is 12.5. The van der Waals surface area contributed by atoms with Crippen LogP contribution in [0.1, 0.15) is 24.8 Å². The van der Waals surface area contributed by atoms with E-state index in [9.17, 15) is 15.0 Å². The lowest BCUT2D eigenvalue weighted by Gasteiger charge is -2.44. The third-order valence-corrected chi connectivity index (χ3v) is 5.96. The van der Waals surface area contributed by atoms with Gasteiger partial charge >= 0.3 is 0 Å². The van der Waals surface area contributed by atoms with E-state index >= 15 is 0 Å². The Kier molecular flexibility index (Phi) is 6.87. The summed E-state index contributed by atoms with van der Waals surface area (Å²) in [4.78, 5) is 18.8. The van der Waals surface area contributed by atoms with Crippen LogP contribution < -0.4 is 0 Å². The number of hydrogen-bond acceptors (Lipinski definition) is 5. The predicted octanol–water partition coefficient (Wildman–Crippen LogP) is 0.581. The summed E-state index contributed by atoms with van der Waals surface area (Å²) < 4.78 is 0. The molecule has 2 heterocycles. The summed E-state index contributed by atoms with van der Waals surface area (Å²) >= 11 is 0. The fraction of sp³-hybridized carbons (Fsp3) is 0.667. The number of piperidine rings is 1. The van der Waals surface area contributed by atoms with Crippen LogP contribution in [-0.2, 0) is 11.2 Å². The monoisotopic (exact) mass is 375 g/mol. The van der Waals surface area contributed by atoms with E-state index in [2.05, 4.69) is 16.8 Å². The third kappa shape index (κ3) is 5.51. The fourth-order valence-electron chi connectivity index (χ4n) is 4.08. The number of amides is 1. The topological polar surface area (TPSA) is 67.2 Å². The number of β-amino-alcohol motifs (C(OH)–C–C–N with tert-alkyl or cyclic N) is 2. The molecule has 2 N–H and O–H groups in total. The Morgan fingerprint density at radius 3 is 2.67 bits per heavy atom. The molecule has 6 nitrogen and oxygen atoms in total. The Labute approximate surface area is 162 Å².